The largest absolute Gasteiger partial charge is 0.480 e. The number of carbonyl (C=O) groups excluding carboxylic acids is 2. The molecule has 0 spiro atoms. The van der Waals surface area contributed by atoms with Crippen LogP contribution in [0.1, 0.15) is 232 Å². The van der Waals surface area contributed by atoms with Crippen LogP contribution in [0.5, 0.6) is 0 Å². The van der Waals surface area contributed by atoms with Crippen LogP contribution in [-0.2, 0) is 32.7 Å². The van der Waals surface area contributed by atoms with Gasteiger partial charge in [-0.3, -0.25) is 18.6 Å². The number of aliphatic hydroxyl groups excluding tert-OH is 1. The number of aliphatic carboxylic acids is 1. The predicted octanol–water partition coefficient (Wildman–Crippen LogP) is 12.5. The Morgan fingerprint density at radius 1 is 0.534 bits per heavy atom. The number of hydrogen-bond acceptors (Lipinski definition) is 8. The molecule has 0 heterocycles. The van der Waals surface area contributed by atoms with Crippen LogP contribution in [0.3, 0.4) is 0 Å². The Morgan fingerprint density at radius 3 is 1.34 bits per heavy atom. The quantitative estimate of drug-likeness (QED) is 0.0200. The van der Waals surface area contributed by atoms with E-state index in [0.717, 1.165) is 57.8 Å². The van der Waals surface area contributed by atoms with Gasteiger partial charge in [0, 0.05) is 12.8 Å². The van der Waals surface area contributed by atoms with E-state index in [2.05, 4.69) is 31.3 Å². The molecule has 0 aromatic rings. The van der Waals surface area contributed by atoms with E-state index in [-0.39, 0.29) is 12.8 Å². The summed E-state index contributed by atoms with van der Waals surface area (Å²) in [6, 6.07) is -1.55. The number of rotatable bonds is 45. The summed E-state index contributed by atoms with van der Waals surface area (Å²) < 4.78 is 26.9. The second-order valence-electron chi connectivity index (χ2n) is 16.3. The molecule has 3 atom stereocenters. The molecule has 0 saturated carbocycles. The average Bonchev–Trinajstić information content (AvgIpc) is 3.20. The third-order valence-electron chi connectivity index (χ3n) is 10.6. The lowest BCUT2D eigenvalue weighted by atomic mass is 10.0. The van der Waals surface area contributed by atoms with Gasteiger partial charge in [0.2, 0.25) is 5.91 Å². The average molecular weight is 846 g/mol. The summed E-state index contributed by atoms with van der Waals surface area (Å²) in [5, 5.41) is 21.8. The van der Waals surface area contributed by atoms with E-state index in [1.807, 2.05) is 0 Å². The number of carboxylic acids is 1. The third kappa shape index (κ3) is 41.0. The summed E-state index contributed by atoms with van der Waals surface area (Å²) in [5.74, 6) is -2.37. The fourth-order valence-electron chi connectivity index (χ4n) is 6.84. The number of phosphoric acid groups is 1. The van der Waals surface area contributed by atoms with Crippen molar-refractivity contribution in [2.45, 2.75) is 244 Å². The lowest BCUT2D eigenvalue weighted by Crippen LogP contribution is -2.43. The van der Waals surface area contributed by atoms with Crippen molar-refractivity contribution in [2.75, 3.05) is 19.8 Å². The van der Waals surface area contributed by atoms with Gasteiger partial charge in [-0.25, -0.2) is 9.36 Å². The molecule has 0 bridgehead atoms. The number of carboxylic acid groups (broad SMARTS) is 1. The van der Waals surface area contributed by atoms with E-state index >= 15 is 0 Å². The standard InChI is InChI=1S/C46H88NO10P/c1-3-5-7-9-11-13-15-17-18-19-20-21-22-23-24-25-26-28-30-32-34-36-38-45(50)55-39-42(48)40-56-58(53,54)57-41-43(46(51)52)47-44(49)37-35-33-31-29-27-16-14-12-10-8-6-4-2/h12,14,42-43,48H,3-11,13,15-41H2,1-2H3,(H,47,49)(H,51,52)(H,53,54)/b14-12-. The van der Waals surface area contributed by atoms with Gasteiger partial charge in [-0.15, -0.1) is 0 Å². The van der Waals surface area contributed by atoms with Crippen LogP contribution >= 0.6 is 7.82 Å². The molecule has 0 aliphatic carbocycles. The van der Waals surface area contributed by atoms with Gasteiger partial charge in [0.15, 0.2) is 6.04 Å². The molecule has 4 N–H and O–H groups in total. The summed E-state index contributed by atoms with van der Waals surface area (Å²) >= 11 is 0. The summed E-state index contributed by atoms with van der Waals surface area (Å²) in [6.45, 7) is 2.59. The van der Waals surface area contributed by atoms with Crippen molar-refractivity contribution in [3.05, 3.63) is 12.2 Å². The third-order valence-corrected chi connectivity index (χ3v) is 11.5. The Morgan fingerprint density at radius 2 is 0.897 bits per heavy atom. The highest BCUT2D eigenvalue weighted by Crippen LogP contribution is 2.43. The first-order chi connectivity index (χ1) is 28.1. The molecule has 0 fully saturated rings. The Bertz CT molecular complexity index is 1040. The molecule has 0 aromatic heterocycles. The molecule has 58 heavy (non-hydrogen) atoms. The van der Waals surface area contributed by atoms with Crippen LogP contribution in [0.25, 0.3) is 0 Å². The Hall–Kier alpha value is -1.78. The number of ether oxygens (including phenoxy) is 1. The second-order valence-corrected chi connectivity index (χ2v) is 17.8. The van der Waals surface area contributed by atoms with E-state index in [1.54, 1.807) is 0 Å². The molecule has 11 nitrogen and oxygen atoms in total. The maximum Gasteiger partial charge on any atom is 0.472 e. The normalized spacial score (nSPS) is 13.7. The van der Waals surface area contributed by atoms with Gasteiger partial charge in [-0.05, 0) is 38.5 Å². The van der Waals surface area contributed by atoms with Gasteiger partial charge in [-0.1, -0.05) is 193 Å². The van der Waals surface area contributed by atoms with Gasteiger partial charge < -0.3 is 25.2 Å². The predicted molar refractivity (Wildman–Crippen MR) is 236 cm³/mol. The highest BCUT2D eigenvalue weighted by atomic mass is 31.2. The topological polar surface area (TPSA) is 169 Å². The molecule has 342 valence electrons. The summed E-state index contributed by atoms with van der Waals surface area (Å²) in [5.41, 5.74) is 0. The monoisotopic (exact) mass is 846 g/mol. The summed E-state index contributed by atoms with van der Waals surface area (Å²) in [4.78, 5) is 45.9. The van der Waals surface area contributed by atoms with Crippen molar-refractivity contribution in [1.82, 2.24) is 5.32 Å². The molecule has 12 heteroatoms. The molecule has 1 amide bonds. The van der Waals surface area contributed by atoms with Gasteiger partial charge in [-0.2, -0.15) is 0 Å². The number of unbranched alkanes of at least 4 members (excludes halogenated alkanes) is 29. The van der Waals surface area contributed by atoms with E-state index < -0.39 is 57.6 Å². The number of allylic oxidation sites excluding steroid dienone is 2. The van der Waals surface area contributed by atoms with Crippen LogP contribution in [-0.4, -0.2) is 64.9 Å². The number of amides is 1. The molecule has 0 aliphatic rings. The number of hydrogen-bond donors (Lipinski definition) is 4. The molecule has 0 saturated heterocycles. The summed E-state index contributed by atoms with van der Waals surface area (Å²) in [7, 11) is -4.75. The van der Waals surface area contributed by atoms with Crippen molar-refractivity contribution in [2.24, 2.45) is 0 Å². The number of nitrogens with one attached hydrogen (secondary N) is 1. The SMILES string of the molecule is CCCCC/C=C\CCCCCCCC(=O)NC(COP(=O)(O)OCC(O)COC(=O)CCCCCCCCCCCCCCCCCCCCCCCC)C(=O)O. The first-order valence-corrected chi connectivity index (χ1v) is 25.2. The van der Waals surface area contributed by atoms with E-state index in [0.29, 0.717) is 12.8 Å². The van der Waals surface area contributed by atoms with Crippen molar-refractivity contribution < 1.29 is 47.8 Å². The fraction of sp³-hybridized carbons (Fsp3) is 0.891. The van der Waals surface area contributed by atoms with Crippen LogP contribution in [0.15, 0.2) is 12.2 Å². The first-order valence-electron chi connectivity index (χ1n) is 23.7. The number of aliphatic hydroxyl groups is 1. The zero-order valence-corrected chi connectivity index (χ0v) is 38.0. The summed E-state index contributed by atoms with van der Waals surface area (Å²) in [6.07, 6.45) is 42.5. The molecular formula is C46H88NO10P. The van der Waals surface area contributed by atoms with Crippen molar-refractivity contribution in [3.8, 4) is 0 Å². The highest BCUT2D eigenvalue weighted by molar-refractivity contribution is 7.47. The van der Waals surface area contributed by atoms with Gasteiger partial charge in [0.25, 0.3) is 0 Å². The lowest BCUT2D eigenvalue weighted by Gasteiger charge is -2.18. The van der Waals surface area contributed by atoms with Crippen LogP contribution in [0.4, 0.5) is 0 Å². The maximum atomic E-state index is 12.3. The molecule has 0 radical (unpaired) electrons. The Balaban J connectivity index is 3.78. The van der Waals surface area contributed by atoms with E-state index in [4.69, 9.17) is 13.8 Å². The highest BCUT2D eigenvalue weighted by Gasteiger charge is 2.28. The van der Waals surface area contributed by atoms with Gasteiger partial charge >= 0.3 is 19.8 Å². The van der Waals surface area contributed by atoms with Crippen molar-refractivity contribution in [1.29, 1.82) is 0 Å². The number of carbonyl (C=O) groups is 3. The van der Waals surface area contributed by atoms with E-state index in [9.17, 15) is 34.1 Å². The van der Waals surface area contributed by atoms with Crippen molar-refractivity contribution in [3.63, 3.8) is 0 Å². The minimum absolute atomic E-state index is 0.138. The van der Waals surface area contributed by atoms with E-state index in [1.165, 1.54) is 135 Å². The molecule has 0 aromatic carbocycles. The van der Waals surface area contributed by atoms with Gasteiger partial charge in [0.05, 0.1) is 13.2 Å². The minimum atomic E-state index is -4.75. The van der Waals surface area contributed by atoms with Crippen molar-refractivity contribution >= 4 is 25.7 Å². The first kappa shape index (κ1) is 56.2. The lowest BCUT2D eigenvalue weighted by molar-refractivity contribution is -0.147. The Kier molecular flexibility index (Phi) is 40.6. The minimum Gasteiger partial charge on any atom is -0.480 e. The smallest absolute Gasteiger partial charge is 0.472 e. The maximum absolute atomic E-state index is 12.3. The zero-order chi connectivity index (χ0) is 42.8. The second kappa shape index (κ2) is 41.9. The molecule has 3 unspecified atom stereocenters. The fourth-order valence-corrected chi connectivity index (χ4v) is 7.61. The van der Waals surface area contributed by atoms with Crippen LogP contribution in [0.2, 0.25) is 0 Å². The van der Waals surface area contributed by atoms with Crippen LogP contribution < -0.4 is 5.32 Å². The molecule has 0 rings (SSSR count). The Labute approximate surface area is 354 Å². The number of phosphoric ester groups is 1. The molecule has 0 aliphatic heterocycles. The zero-order valence-electron chi connectivity index (χ0n) is 37.1. The molecular weight excluding hydrogens is 757 g/mol. The van der Waals surface area contributed by atoms with Crippen LogP contribution in [0, 0.1) is 0 Å². The van der Waals surface area contributed by atoms with Gasteiger partial charge in [0.1, 0.15) is 12.7 Å². The number of esters is 1.